The molecule has 116 valence electrons. The molecule has 0 aliphatic rings. The fourth-order valence-corrected chi connectivity index (χ4v) is 3.03. The average Bonchev–Trinajstić information content (AvgIpc) is 2.90. The summed E-state index contributed by atoms with van der Waals surface area (Å²) in [5.41, 5.74) is 8.92. The molecule has 0 aliphatic carbocycles. The number of nitrogens with zero attached hydrogens (tertiary/aromatic N) is 2. The molecule has 0 fully saturated rings. The van der Waals surface area contributed by atoms with Gasteiger partial charge in [-0.1, -0.05) is 35.6 Å². The third kappa shape index (κ3) is 3.14. The van der Waals surface area contributed by atoms with Crippen molar-refractivity contribution in [3.05, 3.63) is 79.3 Å². The van der Waals surface area contributed by atoms with Crippen molar-refractivity contribution in [1.29, 1.82) is 0 Å². The quantitative estimate of drug-likeness (QED) is 0.453. The van der Waals surface area contributed by atoms with Gasteiger partial charge in [0.2, 0.25) is 0 Å². The molecule has 0 spiro atoms. The van der Waals surface area contributed by atoms with Gasteiger partial charge in [0.05, 0.1) is 17.2 Å². The van der Waals surface area contributed by atoms with E-state index in [2.05, 4.69) is 0 Å². The molecule has 0 saturated heterocycles. The summed E-state index contributed by atoms with van der Waals surface area (Å²) in [5.74, 6) is 0. The van der Waals surface area contributed by atoms with E-state index in [1.54, 1.807) is 34.2 Å². The van der Waals surface area contributed by atoms with Crippen molar-refractivity contribution < 1.29 is 4.92 Å². The van der Waals surface area contributed by atoms with Crippen LogP contribution in [-0.4, -0.2) is 9.49 Å². The van der Waals surface area contributed by atoms with Crippen molar-refractivity contribution in [2.75, 3.05) is 5.73 Å². The lowest BCUT2D eigenvalue weighted by Crippen LogP contribution is -2.15. The summed E-state index contributed by atoms with van der Waals surface area (Å²) in [6.07, 6.45) is 0. The maximum atomic E-state index is 12.1. The number of thiazole rings is 1. The normalized spacial score (nSPS) is 10.6. The Morgan fingerprint density at radius 2 is 1.74 bits per heavy atom. The lowest BCUT2D eigenvalue weighted by Gasteiger charge is -2.08. The Morgan fingerprint density at radius 1 is 1.09 bits per heavy atom. The number of benzene rings is 2. The summed E-state index contributed by atoms with van der Waals surface area (Å²) in [7, 11) is 0. The van der Waals surface area contributed by atoms with E-state index in [9.17, 15) is 14.9 Å². The van der Waals surface area contributed by atoms with Crippen LogP contribution >= 0.6 is 11.3 Å². The minimum atomic E-state index is -0.444. The van der Waals surface area contributed by atoms with Crippen molar-refractivity contribution in [3.63, 3.8) is 0 Å². The molecule has 2 aromatic carbocycles. The monoisotopic (exact) mass is 327 g/mol. The molecular formula is C16H13N3O3S. The zero-order valence-corrected chi connectivity index (χ0v) is 12.8. The second-order valence-corrected chi connectivity index (χ2v) is 5.84. The van der Waals surface area contributed by atoms with Crippen LogP contribution < -0.4 is 10.6 Å². The number of nitro groups is 1. The van der Waals surface area contributed by atoms with E-state index < -0.39 is 4.92 Å². The predicted molar refractivity (Wildman–Crippen MR) is 90.6 cm³/mol. The Kier molecular flexibility index (Phi) is 3.94. The predicted octanol–water partition coefficient (Wildman–Crippen LogP) is 3.12. The molecule has 3 aromatic rings. The van der Waals surface area contributed by atoms with E-state index in [4.69, 9.17) is 5.73 Å². The molecule has 2 N–H and O–H groups in total. The zero-order chi connectivity index (χ0) is 16.4. The number of anilines is 1. The maximum absolute atomic E-state index is 12.1. The summed E-state index contributed by atoms with van der Waals surface area (Å²) >= 11 is 1.13. The van der Waals surface area contributed by atoms with E-state index in [-0.39, 0.29) is 10.6 Å². The number of non-ortho nitro benzene ring substituents is 1. The van der Waals surface area contributed by atoms with Gasteiger partial charge in [-0.3, -0.25) is 19.5 Å². The molecular weight excluding hydrogens is 314 g/mol. The highest BCUT2D eigenvalue weighted by atomic mass is 32.1. The number of aromatic nitrogens is 1. The molecule has 0 saturated carbocycles. The number of hydrogen-bond donors (Lipinski definition) is 1. The fraction of sp³-hybridized carbons (Fsp3) is 0.0625. The second kappa shape index (κ2) is 6.05. The van der Waals surface area contributed by atoms with Gasteiger partial charge in [-0.25, -0.2) is 0 Å². The van der Waals surface area contributed by atoms with Crippen molar-refractivity contribution in [2.45, 2.75) is 6.54 Å². The SMILES string of the molecule is Nc1ccc(-c2csc(=O)n2Cc2ccc([N+](=O)[O-])cc2)cc1. The van der Waals surface area contributed by atoms with Crippen LogP contribution in [0.4, 0.5) is 11.4 Å². The van der Waals surface area contributed by atoms with Crippen LogP contribution in [0, 0.1) is 10.1 Å². The second-order valence-electron chi connectivity index (χ2n) is 5.02. The highest BCUT2D eigenvalue weighted by Gasteiger charge is 2.11. The molecule has 0 radical (unpaired) electrons. The summed E-state index contributed by atoms with van der Waals surface area (Å²) in [6, 6.07) is 13.5. The van der Waals surface area contributed by atoms with Crippen molar-refractivity contribution in [1.82, 2.24) is 4.57 Å². The Balaban J connectivity index is 1.94. The highest BCUT2D eigenvalue weighted by molar-refractivity contribution is 7.07. The first kappa shape index (κ1) is 15.0. The van der Waals surface area contributed by atoms with Crippen LogP contribution in [0.3, 0.4) is 0 Å². The molecule has 23 heavy (non-hydrogen) atoms. The Labute approximate surface area is 135 Å². The van der Waals surface area contributed by atoms with Crippen molar-refractivity contribution in [2.24, 2.45) is 0 Å². The molecule has 1 heterocycles. The number of nitro benzene ring substituents is 1. The lowest BCUT2D eigenvalue weighted by atomic mass is 10.1. The molecule has 3 rings (SSSR count). The van der Waals surface area contributed by atoms with Gasteiger partial charge in [-0.05, 0) is 23.3 Å². The van der Waals surface area contributed by atoms with Gasteiger partial charge >= 0.3 is 4.87 Å². The van der Waals surface area contributed by atoms with Crippen molar-refractivity contribution >= 4 is 22.7 Å². The first-order valence-electron chi connectivity index (χ1n) is 6.82. The fourth-order valence-electron chi connectivity index (χ4n) is 2.26. The number of hydrogen-bond acceptors (Lipinski definition) is 5. The minimum Gasteiger partial charge on any atom is -0.399 e. The molecule has 0 bridgehead atoms. The Morgan fingerprint density at radius 3 is 2.35 bits per heavy atom. The molecule has 7 heteroatoms. The average molecular weight is 327 g/mol. The molecule has 0 amide bonds. The van der Waals surface area contributed by atoms with Gasteiger partial charge in [0.15, 0.2) is 0 Å². The first-order chi connectivity index (χ1) is 11.0. The van der Waals surface area contributed by atoms with Gasteiger partial charge in [-0.15, -0.1) is 0 Å². The molecule has 6 nitrogen and oxygen atoms in total. The third-order valence-electron chi connectivity index (χ3n) is 3.48. The van der Waals surface area contributed by atoms with E-state index in [0.29, 0.717) is 12.2 Å². The van der Waals surface area contributed by atoms with E-state index in [0.717, 1.165) is 28.2 Å². The summed E-state index contributed by atoms with van der Waals surface area (Å²) in [5, 5.41) is 12.5. The number of nitrogen functional groups attached to an aromatic ring is 1. The van der Waals surface area contributed by atoms with Crippen LogP contribution in [0.2, 0.25) is 0 Å². The topological polar surface area (TPSA) is 91.2 Å². The number of rotatable bonds is 4. The van der Waals surface area contributed by atoms with Crippen LogP contribution in [0.25, 0.3) is 11.3 Å². The van der Waals surface area contributed by atoms with Crippen LogP contribution in [0.5, 0.6) is 0 Å². The van der Waals surface area contributed by atoms with Gasteiger partial charge in [-0.2, -0.15) is 0 Å². The number of nitrogens with two attached hydrogens (primary N) is 1. The van der Waals surface area contributed by atoms with Crippen molar-refractivity contribution in [3.8, 4) is 11.3 Å². The van der Waals surface area contributed by atoms with E-state index >= 15 is 0 Å². The van der Waals surface area contributed by atoms with Crippen LogP contribution in [-0.2, 0) is 6.54 Å². The summed E-state index contributed by atoms with van der Waals surface area (Å²) < 4.78 is 1.65. The van der Waals surface area contributed by atoms with E-state index in [1.807, 2.05) is 12.1 Å². The molecule has 0 atom stereocenters. The first-order valence-corrected chi connectivity index (χ1v) is 7.70. The highest BCUT2D eigenvalue weighted by Crippen LogP contribution is 2.22. The van der Waals surface area contributed by atoms with Crippen LogP contribution in [0.1, 0.15) is 5.56 Å². The molecule has 1 aromatic heterocycles. The zero-order valence-electron chi connectivity index (χ0n) is 12.0. The largest absolute Gasteiger partial charge is 0.399 e. The minimum absolute atomic E-state index is 0.0326. The maximum Gasteiger partial charge on any atom is 0.307 e. The summed E-state index contributed by atoms with van der Waals surface area (Å²) in [4.78, 5) is 22.3. The third-order valence-corrected chi connectivity index (χ3v) is 4.24. The van der Waals surface area contributed by atoms with E-state index in [1.165, 1.54) is 12.1 Å². The van der Waals surface area contributed by atoms with Gasteiger partial charge < -0.3 is 5.73 Å². The standard InChI is InChI=1S/C16H13N3O3S/c17-13-5-3-12(4-6-13)15-10-23-16(20)18(15)9-11-1-7-14(8-2-11)19(21)22/h1-8,10H,9,17H2. The summed E-state index contributed by atoms with van der Waals surface area (Å²) in [6.45, 7) is 0.361. The van der Waals surface area contributed by atoms with Gasteiger partial charge in [0, 0.05) is 23.2 Å². The smallest absolute Gasteiger partial charge is 0.307 e. The van der Waals surface area contributed by atoms with Gasteiger partial charge in [0.1, 0.15) is 0 Å². The Bertz CT molecular complexity index is 896. The van der Waals surface area contributed by atoms with Gasteiger partial charge in [0.25, 0.3) is 5.69 Å². The lowest BCUT2D eigenvalue weighted by molar-refractivity contribution is -0.384. The molecule has 0 unspecified atom stereocenters. The molecule has 0 aliphatic heterocycles. The Hall–Kier alpha value is -2.93. The van der Waals surface area contributed by atoms with Crippen LogP contribution in [0.15, 0.2) is 58.7 Å².